The summed E-state index contributed by atoms with van der Waals surface area (Å²) < 4.78 is 34.1. The summed E-state index contributed by atoms with van der Waals surface area (Å²) in [7, 11) is -3.96. The molecule has 174 valence electrons. The van der Waals surface area contributed by atoms with Crippen molar-refractivity contribution in [2.24, 2.45) is 5.92 Å². The highest BCUT2D eigenvalue weighted by atomic mass is 32.2. The van der Waals surface area contributed by atoms with Crippen molar-refractivity contribution >= 4 is 32.6 Å². The fourth-order valence-electron chi connectivity index (χ4n) is 3.24. The van der Waals surface area contributed by atoms with Gasteiger partial charge < -0.3 is 10.5 Å². The number of hydrogen-bond donors (Lipinski definition) is 3. The van der Waals surface area contributed by atoms with Gasteiger partial charge in [-0.25, -0.2) is 13.4 Å². The zero-order chi connectivity index (χ0) is 24.5. The Morgan fingerprint density at radius 1 is 1.18 bits per heavy atom. The maximum Gasteiger partial charge on any atom is 0.263 e. The molecule has 0 spiro atoms. The highest BCUT2D eigenvalue weighted by Crippen LogP contribution is 2.30. The van der Waals surface area contributed by atoms with E-state index in [0.29, 0.717) is 46.4 Å². The highest BCUT2D eigenvalue weighted by Gasteiger charge is 2.20. The van der Waals surface area contributed by atoms with Gasteiger partial charge in [0.1, 0.15) is 22.2 Å². The molecule has 0 atom stereocenters. The average molecular weight is 478 g/mol. The van der Waals surface area contributed by atoms with Crippen molar-refractivity contribution in [1.82, 2.24) is 20.2 Å². The van der Waals surface area contributed by atoms with Crippen LogP contribution < -0.4 is 15.2 Å². The van der Waals surface area contributed by atoms with Crippen LogP contribution in [0.1, 0.15) is 25.0 Å². The van der Waals surface area contributed by atoms with Gasteiger partial charge in [-0.2, -0.15) is 15.3 Å². The van der Waals surface area contributed by atoms with E-state index in [9.17, 15) is 13.7 Å². The third kappa shape index (κ3) is 4.62. The van der Waals surface area contributed by atoms with Gasteiger partial charge in [0.25, 0.3) is 10.0 Å². The van der Waals surface area contributed by atoms with E-state index in [-0.39, 0.29) is 16.4 Å². The molecule has 10 nitrogen and oxygen atoms in total. The standard InChI is InChI=1S/C23H23N7O3S/c1-13(2)12-33-23-19-20(25)28-29-22(19)26-21(27-23)15-6-8-17(9-7-15)30-34(31,32)18-10-14(3)4-5-16(18)11-24/h4-10,13,30H,12H2,1-3H3,(H3,25,26,27,28,29). The van der Waals surface area contributed by atoms with E-state index in [0.717, 1.165) is 5.56 Å². The van der Waals surface area contributed by atoms with Crippen LogP contribution in [0.3, 0.4) is 0 Å². The molecule has 0 aliphatic heterocycles. The van der Waals surface area contributed by atoms with Gasteiger partial charge in [0.05, 0.1) is 12.2 Å². The van der Waals surface area contributed by atoms with E-state index in [1.54, 1.807) is 37.3 Å². The topological polar surface area (TPSA) is 160 Å². The molecule has 0 saturated carbocycles. The van der Waals surface area contributed by atoms with Crippen LogP contribution in [0, 0.1) is 24.2 Å². The Morgan fingerprint density at radius 3 is 2.59 bits per heavy atom. The number of fused-ring (bicyclic) bond motifs is 1. The van der Waals surface area contributed by atoms with Gasteiger partial charge in [0.15, 0.2) is 11.5 Å². The molecule has 4 rings (SSSR count). The first-order chi connectivity index (χ1) is 16.2. The van der Waals surface area contributed by atoms with Crippen molar-refractivity contribution in [3.05, 3.63) is 53.6 Å². The zero-order valence-electron chi connectivity index (χ0n) is 18.8. The number of rotatable bonds is 7. The molecule has 2 heterocycles. The summed E-state index contributed by atoms with van der Waals surface area (Å²) in [6.45, 7) is 6.25. The van der Waals surface area contributed by atoms with Gasteiger partial charge in [-0.1, -0.05) is 19.9 Å². The molecular formula is C23H23N7O3S. The van der Waals surface area contributed by atoms with Gasteiger partial charge in [-0.3, -0.25) is 9.82 Å². The zero-order valence-corrected chi connectivity index (χ0v) is 19.6. The molecular weight excluding hydrogens is 454 g/mol. The molecule has 0 fully saturated rings. The number of nitrogens with one attached hydrogen (secondary N) is 2. The van der Waals surface area contributed by atoms with Gasteiger partial charge in [-0.15, -0.1) is 0 Å². The lowest BCUT2D eigenvalue weighted by Gasteiger charge is -2.12. The number of anilines is 2. The number of sulfonamides is 1. The number of nitrogens with zero attached hydrogens (tertiary/aromatic N) is 4. The van der Waals surface area contributed by atoms with Crippen LogP contribution in [0.5, 0.6) is 5.88 Å². The van der Waals surface area contributed by atoms with Crippen molar-refractivity contribution in [2.45, 2.75) is 25.7 Å². The van der Waals surface area contributed by atoms with E-state index in [4.69, 9.17) is 10.5 Å². The van der Waals surface area contributed by atoms with Crippen molar-refractivity contribution in [1.29, 1.82) is 5.26 Å². The normalized spacial score (nSPS) is 11.5. The third-order valence-corrected chi connectivity index (χ3v) is 6.33. The van der Waals surface area contributed by atoms with Crippen LogP contribution in [-0.4, -0.2) is 35.2 Å². The minimum Gasteiger partial charge on any atom is -0.477 e. The second-order valence-corrected chi connectivity index (χ2v) is 9.84. The molecule has 0 aliphatic rings. The molecule has 4 N–H and O–H groups in total. The van der Waals surface area contributed by atoms with Gasteiger partial charge in [0.2, 0.25) is 5.88 Å². The fourth-order valence-corrected chi connectivity index (χ4v) is 4.54. The molecule has 11 heteroatoms. The smallest absolute Gasteiger partial charge is 0.263 e. The van der Waals surface area contributed by atoms with Gasteiger partial charge in [-0.05, 0) is 54.8 Å². The summed E-state index contributed by atoms with van der Waals surface area (Å²) in [4.78, 5) is 8.89. The first-order valence-electron chi connectivity index (χ1n) is 10.5. The minimum atomic E-state index is -3.96. The average Bonchev–Trinajstić information content (AvgIpc) is 3.18. The van der Waals surface area contributed by atoms with Gasteiger partial charge in [0, 0.05) is 11.3 Å². The van der Waals surface area contributed by atoms with E-state index < -0.39 is 10.0 Å². The van der Waals surface area contributed by atoms with Crippen molar-refractivity contribution in [2.75, 3.05) is 17.1 Å². The molecule has 2 aromatic heterocycles. The number of aromatic amines is 1. The maximum atomic E-state index is 12.9. The summed E-state index contributed by atoms with van der Waals surface area (Å²) in [6.07, 6.45) is 0. The lowest BCUT2D eigenvalue weighted by molar-refractivity contribution is 0.265. The summed E-state index contributed by atoms with van der Waals surface area (Å²) in [5.74, 6) is 1.28. The van der Waals surface area contributed by atoms with Crippen molar-refractivity contribution < 1.29 is 13.2 Å². The van der Waals surface area contributed by atoms with Crippen molar-refractivity contribution in [3.63, 3.8) is 0 Å². The summed E-state index contributed by atoms with van der Waals surface area (Å²) in [5, 5.41) is 16.6. The van der Waals surface area contributed by atoms with Crippen LogP contribution in [0.25, 0.3) is 22.4 Å². The Bertz CT molecular complexity index is 1500. The largest absolute Gasteiger partial charge is 0.477 e. The number of H-pyrrole nitrogens is 1. The minimum absolute atomic E-state index is 0.0728. The predicted octanol–water partition coefficient (Wildman–Crippen LogP) is 3.62. The van der Waals surface area contributed by atoms with Crippen LogP contribution in [0.15, 0.2) is 47.4 Å². The molecule has 0 saturated heterocycles. The number of aromatic nitrogens is 4. The van der Waals surface area contributed by atoms with Crippen LogP contribution >= 0.6 is 0 Å². The van der Waals surface area contributed by atoms with Crippen molar-refractivity contribution in [3.8, 4) is 23.3 Å². The third-order valence-electron chi connectivity index (χ3n) is 4.90. The number of nitrogen functional groups attached to an aromatic ring is 1. The van der Waals surface area contributed by atoms with Gasteiger partial charge >= 0.3 is 0 Å². The SMILES string of the molecule is Cc1ccc(C#N)c(S(=O)(=O)Nc2ccc(-c3nc(OCC(C)C)c4c(N)[nH]nc4n3)cc2)c1. The monoisotopic (exact) mass is 477 g/mol. The number of nitrogens with two attached hydrogens (primary N) is 1. The lowest BCUT2D eigenvalue weighted by Crippen LogP contribution is -2.14. The molecule has 2 aromatic carbocycles. The Kier molecular flexibility index (Phi) is 6.08. The summed E-state index contributed by atoms with van der Waals surface area (Å²) >= 11 is 0. The highest BCUT2D eigenvalue weighted by molar-refractivity contribution is 7.92. The van der Waals surface area contributed by atoms with E-state index in [1.165, 1.54) is 12.1 Å². The maximum absolute atomic E-state index is 12.9. The molecule has 0 unspecified atom stereocenters. The second kappa shape index (κ2) is 8.99. The molecule has 0 radical (unpaired) electrons. The quantitative estimate of drug-likeness (QED) is 0.364. The first kappa shape index (κ1) is 23.0. The van der Waals surface area contributed by atoms with Crippen LogP contribution in [-0.2, 0) is 10.0 Å². The van der Waals surface area contributed by atoms with E-state index in [2.05, 4.69) is 24.9 Å². The Balaban J connectivity index is 1.64. The molecule has 0 amide bonds. The summed E-state index contributed by atoms with van der Waals surface area (Å²) in [6, 6.07) is 13.1. The number of ether oxygens (including phenoxy) is 1. The molecule has 0 bridgehead atoms. The number of hydrogen-bond acceptors (Lipinski definition) is 8. The van der Waals surface area contributed by atoms with Crippen LogP contribution in [0.2, 0.25) is 0 Å². The predicted molar refractivity (Wildman–Crippen MR) is 129 cm³/mol. The Hall–Kier alpha value is -4.17. The second-order valence-electron chi connectivity index (χ2n) is 8.19. The lowest BCUT2D eigenvalue weighted by atomic mass is 10.2. The summed E-state index contributed by atoms with van der Waals surface area (Å²) in [5.41, 5.74) is 8.10. The molecule has 4 aromatic rings. The fraction of sp³-hybridized carbons (Fsp3) is 0.217. The molecule has 34 heavy (non-hydrogen) atoms. The van der Waals surface area contributed by atoms with Crippen LogP contribution in [0.4, 0.5) is 11.5 Å². The van der Waals surface area contributed by atoms with E-state index in [1.807, 2.05) is 19.9 Å². The molecule has 0 aliphatic carbocycles. The number of benzene rings is 2. The Morgan fingerprint density at radius 2 is 1.91 bits per heavy atom. The number of aryl methyl sites for hydroxylation is 1. The first-order valence-corrected chi connectivity index (χ1v) is 11.9. The van der Waals surface area contributed by atoms with E-state index >= 15 is 0 Å². The Labute approximate surface area is 196 Å². The number of nitriles is 1.